The molecule has 80 valence electrons. The molecule has 2 unspecified atom stereocenters. The molecule has 1 saturated carbocycles. The molecule has 0 amide bonds. The second kappa shape index (κ2) is 6.03. The molecule has 0 heterocycles. The fourth-order valence-corrected chi connectivity index (χ4v) is 2.21. The number of nitrogens with one attached hydrogen (secondary N) is 1. The van der Waals surface area contributed by atoms with Gasteiger partial charge in [-0.05, 0) is 32.6 Å². The van der Waals surface area contributed by atoms with Crippen molar-refractivity contribution in [2.45, 2.75) is 52.0 Å². The Morgan fingerprint density at radius 1 is 1.29 bits per heavy atom. The van der Waals surface area contributed by atoms with Crippen molar-refractivity contribution in [1.29, 1.82) is 5.26 Å². The monoisotopic (exact) mass is 194 g/mol. The van der Waals surface area contributed by atoms with Crippen LogP contribution in [0.4, 0.5) is 0 Å². The van der Waals surface area contributed by atoms with Gasteiger partial charge in [0.05, 0.1) is 12.0 Å². The Hall–Kier alpha value is -0.550. The zero-order valence-corrected chi connectivity index (χ0v) is 9.42. The molecule has 1 aliphatic rings. The first-order valence-corrected chi connectivity index (χ1v) is 5.87. The van der Waals surface area contributed by atoms with E-state index in [1.165, 1.54) is 32.1 Å². The predicted molar refractivity (Wildman–Crippen MR) is 58.8 cm³/mol. The van der Waals surface area contributed by atoms with Crippen LogP contribution in [0.5, 0.6) is 0 Å². The van der Waals surface area contributed by atoms with Gasteiger partial charge >= 0.3 is 0 Å². The van der Waals surface area contributed by atoms with E-state index >= 15 is 0 Å². The topological polar surface area (TPSA) is 35.8 Å². The molecular formula is C12H22N2. The van der Waals surface area contributed by atoms with Gasteiger partial charge < -0.3 is 5.32 Å². The first-order chi connectivity index (χ1) is 6.74. The Balaban J connectivity index is 2.20. The van der Waals surface area contributed by atoms with Crippen molar-refractivity contribution in [3.8, 4) is 6.07 Å². The summed E-state index contributed by atoms with van der Waals surface area (Å²) < 4.78 is 0. The highest BCUT2D eigenvalue weighted by atomic mass is 14.9. The highest BCUT2D eigenvalue weighted by molar-refractivity contribution is 4.83. The molecule has 0 bridgehead atoms. The van der Waals surface area contributed by atoms with Crippen molar-refractivity contribution in [1.82, 2.24) is 5.32 Å². The van der Waals surface area contributed by atoms with E-state index in [9.17, 15) is 0 Å². The smallest absolute Gasteiger partial charge is 0.0666 e. The molecule has 1 aliphatic carbocycles. The van der Waals surface area contributed by atoms with E-state index in [0.717, 1.165) is 12.5 Å². The van der Waals surface area contributed by atoms with E-state index < -0.39 is 0 Å². The van der Waals surface area contributed by atoms with Gasteiger partial charge in [0.2, 0.25) is 0 Å². The SMILES string of the molecule is CC(C#N)CNC(C)C1CCCCC1. The molecule has 0 aromatic rings. The predicted octanol–water partition coefficient (Wildman–Crippen LogP) is 2.70. The summed E-state index contributed by atoms with van der Waals surface area (Å²) in [6, 6.07) is 2.85. The van der Waals surface area contributed by atoms with Gasteiger partial charge in [-0.2, -0.15) is 5.26 Å². The van der Waals surface area contributed by atoms with E-state index in [-0.39, 0.29) is 5.92 Å². The second-order valence-electron chi connectivity index (χ2n) is 4.63. The number of nitrogens with zero attached hydrogens (tertiary/aromatic N) is 1. The minimum Gasteiger partial charge on any atom is -0.313 e. The molecule has 2 atom stereocenters. The summed E-state index contributed by atoms with van der Waals surface area (Å²) in [5, 5.41) is 12.1. The van der Waals surface area contributed by atoms with E-state index in [1.807, 2.05) is 6.92 Å². The van der Waals surface area contributed by atoms with Gasteiger partial charge in [-0.3, -0.25) is 0 Å². The van der Waals surface area contributed by atoms with Gasteiger partial charge in [0.1, 0.15) is 0 Å². The molecular weight excluding hydrogens is 172 g/mol. The maximum absolute atomic E-state index is 8.67. The standard InChI is InChI=1S/C12H22N2/c1-10(8-13)9-14-11(2)12-6-4-3-5-7-12/h10-12,14H,3-7,9H2,1-2H3. The largest absolute Gasteiger partial charge is 0.313 e. The fraction of sp³-hybridized carbons (Fsp3) is 0.917. The van der Waals surface area contributed by atoms with Crippen LogP contribution < -0.4 is 5.32 Å². The summed E-state index contributed by atoms with van der Waals surface area (Å²) in [6.45, 7) is 5.08. The summed E-state index contributed by atoms with van der Waals surface area (Å²) in [5.74, 6) is 0.982. The minimum atomic E-state index is 0.140. The van der Waals surface area contributed by atoms with Gasteiger partial charge in [-0.25, -0.2) is 0 Å². The summed E-state index contributed by atoms with van der Waals surface area (Å²) in [4.78, 5) is 0. The average molecular weight is 194 g/mol. The second-order valence-corrected chi connectivity index (χ2v) is 4.63. The van der Waals surface area contributed by atoms with Crippen LogP contribution in [0, 0.1) is 23.2 Å². The van der Waals surface area contributed by atoms with E-state index in [2.05, 4.69) is 18.3 Å². The number of hydrogen-bond donors (Lipinski definition) is 1. The molecule has 2 nitrogen and oxygen atoms in total. The van der Waals surface area contributed by atoms with Gasteiger partial charge in [0.15, 0.2) is 0 Å². The van der Waals surface area contributed by atoms with Crippen molar-refractivity contribution < 1.29 is 0 Å². The Labute approximate surface area is 87.7 Å². The molecule has 1 rings (SSSR count). The number of nitriles is 1. The number of hydrogen-bond acceptors (Lipinski definition) is 2. The van der Waals surface area contributed by atoms with Gasteiger partial charge in [-0.15, -0.1) is 0 Å². The highest BCUT2D eigenvalue weighted by Crippen LogP contribution is 2.26. The van der Waals surface area contributed by atoms with Gasteiger partial charge in [0, 0.05) is 12.6 Å². The van der Waals surface area contributed by atoms with E-state index in [4.69, 9.17) is 5.26 Å². The molecule has 0 aromatic heterocycles. The van der Waals surface area contributed by atoms with E-state index in [1.54, 1.807) is 0 Å². The molecule has 0 aliphatic heterocycles. The lowest BCUT2D eigenvalue weighted by Crippen LogP contribution is -2.36. The molecule has 1 N–H and O–H groups in total. The summed E-state index contributed by atoms with van der Waals surface area (Å²) >= 11 is 0. The average Bonchev–Trinajstić information content (AvgIpc) is 2.26. The molecule has 0 radical (unpaired) electrons. The third kappa shape index (κ3) is 3.67. The van der Waals surface area contributed by atoms with Crippen molar-refractivity contribution in [2.24, 2.45) is 11.8 Å². The molecule has 0 aromatic carbocycles. The van der Waals surface area contributed by atoms with Gasteiger partial charge in [0.25, 0.3) is 0 Å². The lowest BCUT2D eigenvalue weighted by molar-refractivity contribution is 0.278. The van der Waals surface area contributed by atoms with Crippen LogP contribution >= 0.6 is 0 Å². The van der Waals surface area contributed by atoms with Crippen molar-refractivity contribution in [3.05, 3.63) is 0 Å². The van der Waals surface area contributed by atoms with Crippen LogP contribution in [0.1, 0.15) is 46.0 Å². The molecule has 0 saturated heterocycles. The van der Waals surface area contributed by atoms with Crippen molar-refractivity contribution in [3.63, 3.8) is 0 Å². The lowest BCUT2D eigenvalue weighted by atomic mass is 9.84. The first-order valence-electron chi connectivity index (χ1n) is 5.87. The Morgan fingerprint density at radius 2 is 1.93 bits per heavy atom. The first kappa shape index (κ1) is 11.5. The van der Waals surface area contributed by atoms with Crippen molar-refractivity contribution in [2.75, 3.05) is 6.54 Å². The summed E-state index contributed by atoms with van der Waals surface area (Å²) in [5.41, 5.74) is 0. The highest BCUT2D eigenvalue weighted by Gasteiger charge is 2.19. The van der Waals surface area contributed by atoms with Gasteiger partial charge in [-0.1, -0.05) is 19.3 Å². The lowest BCUT2D eigenvalue weighted by Gasteiger charge is -2.28. The minimum absolute atomic E-state index is 0.140. The molecule has 14 heavy (non-hydrogen) atoms. The fourth-order valence-electron chi connectivity index (χ4n) is 2.21. The summed E-state index contributed by atoms with van der Waals surface area (Å²) in [7, 11) is 0. The molecule has 2 heteroatoms. The van der Waals surface area contributed by atoms with Crippen LogP contribution in [0.2, 0.25) is 0 Å². The molecule has 0 spiro atoms. The van der Waals surface area contributed by atoms with Crippen LogP contribution in [0.15, 0.2) is 0 Å². The number of rotatable bonds is 4. The Bertz CT molecular complexity index is 189. The van der Waals surface area contributed by atoms with Crippen LogP contribution in [-0.4, -0.2) is 12.6 Å². The molecule has 1 fully saturated rings. The zero-order valence-electron chi connectivity index (χ0n) is 9.42. The van der Waals surface area contributed by atoms with Crippen LogP contribution in [0.3, 0.4) is 0 Å². The summed E-state index contributed by atoms with van der Waals surface area (Å²) in [6.07, 6.45) is 6.94. The third-order valence-electron chi connectivity index (χ3n) is 3.32. The third-order valence-corrected chi connectivity index (χ3v) is 3.32. The zero-order chi connectivity index (χ0) is 10.4. The normalized spacial score (nSPS) is 22.6. The van der Waals surface area contributed by atoms with Crippen LogP contribution in [-0.2, 0) is 0 Å². The maximum Gasteiger partial charge on any atom is 0.0666 e. The Morgan fingerprint density at radius 3 is 2.50 bits per heavy atom. The van der Waals surface area contributed by atoms with Crippen LogP contribution in [0.25, 0.3) is 0 Å². The van der Waals surface area contributed by atoms with E-state index in [0.29, 0.717) is 6.04 Å². The quantitative estimate of drug-likeness (QED) is 0.747. The maximum atomic E-state index is 8.67. The Kier molecular flexibility index (Phi) is 4.97. The van der Waals surface area contributed by atoms with Crippen molar-refractivity contribution >= 4 is 0 Å².